The Balaban J connectivity index is 1.96. The van der Waals surface area contributed by atoms with Crippen molar-refractivity contribution in [2.24, 2.45) is 0 Å². The van der Waals surface area contributed by atoms with E-state index in [9.17, 15) is 9.59 Å². The number of fused-ring (bicyclic) bond motifs is 3. The van der Waals surface area contributed by atoms with Crippen LogP contribution in [-0.4, -0.2) is 27.2 Å². The van der Waals surface area contributed by atoms with Crippen molar-refractivity contribution in [3.63, 3.8) is 0 Å². The molecule has 7 nitrogen and oxygen atoms in total. The lowest BCUT2D eigenvalue weighted by molar-refractivity contribution is -0.124. The van der Waals surface area contributed by atoms with Crippen LogP contribution < -0.4 is 10.9 Å². The van der Waals surface area contributed by atoms with Gasteiger partial charge in [-0.3, -0.25) is 9.59 Å². The molecular weight excluding hydrogens is 390 g/mol. The molecule has 0 unspecified atom stereocenters. The summed E-state index contributed by atoms with van der Waals surface area (Å²) in [6, 6.07) is 4.03. The number of carbonyl (C=O) groups excluding carboxylic acids is 1. The normalized spacial score (nSPS) is 14.4. The van der Waals surface area contributed by atoms with Gasteiger partial charge in [0.05, 0.1) is 12.1 Å². The molecule has 1 aliphatic carbocycles. The molecule has 8 heteroatoms. The van der Waals surface area contributed by atoms with Crippen LogP contribution in [0.5, 0.6) is 0 Å². The van der Waals surface area contributed by atoms with E-state index >= 15 is 0 Å². The summed E-state index contributed by atoms with van der Waals surface area (Å²) >= 11 is 3.53. The maximum Gasteiger partial charge on any atom is 0.281 e. The first-order chi connectivity index (χ1) is 12.0. The number of hydrogen-bond donors (Lipinski definition) is 2. The van der Waals surface area contributed by atoms with Gasteiger partial charge in [0.1, 0.15) is 6.61 Å². The van der Waals surface area contributed by atoms with Gasteiger partial charge in [-0.1, -0.05) is 15.9 Å². The SMILES string of the molecule is Cc1c(Br)ccc2c3oc(CNC(=O)CO)nc3c(=O)n(C3CC3)c12. The Kier molecular flexibility index (Phi) is 3.88. The fourth-order valence-corrected chi connectivity index (χ4v) is 3.38. The van der Waals surface area contributed by atoms with Gasteiger partial charge in [-0.25, -0.2) is 4.98 Å². The van der Waals surface area contributed by atoms with Gasteiger partial charge in [-0.15, -0.1) is 0 Å². The van der Waals surface area contributed by atoms with E-state index in [1.807, 2.05) is 23.6 Å². The minimum Gasteiger partial charge on any atom is -0.438 e. The first kappa shape index (κ1) is 16.3. The molecule has 4 rings (SSSR count). The summed E-state index contributed by atoms with van der Waals surface area (Å²) < 4.78 is 8.52. The Bertz CT molecular complexity index is 1070. The van der Waals surface area contributed by atoms with Gasteiger partial charge >= 0.3 is 0 Å². The topological polar surface area (TPSA) is 97.4 Å². The number of aliphatic hydroxyl groups is 1. The largest absolute Gasteiger partial charge is 0.438 e. The zero-order valence-electron chi connectivity index (χ0n) is 13.5. The first-order valence-electron chi connectivity index (χ1n) is 8.01. The third-order valence-electron chi connectivity index (χ3n) is 4.44. The van der Waals surface area contributed by atoms with Crippen LogP contribution in [0.1, 0.15) is 30.3 Å². The fraction of sp³-hybridized carbons (Fsp3) is 0.353. The Morgan fingerprint density at radius 3 is 2.92 bits per heavy atom. The van der Waals surface area contributed by atoms with Crippen LogP contribution in [0.15, 0.2) is 25.8 Å². The van der Waals surface area contributed by atoms with Crippen LogP contribution in [0.3, 0.4) is 0 Å². The Morgan fingerprint density at radius 1 is 1.48 bits per heavy atom. The van der Waals surface area contributed by atoms with Crippen LogP contribution in [0.4, 0.5) is 0 Å². The van der Waals surface area contributed by atoms with Gasteiger partial charge in [0.15, 0.2) is 11.1 Å². The van der Waals surface area contributed by atoms with Crippen molar-refractivity contribution in [3.8, 4) is 0 Å². The summed E-state index contributed by atoms with van der Waals surface area (Å²) in [5, 5.41) is 12.1. The number of benzene rings is 1. The van der Waals surface area contributed by atoms with E-state index in [1.54, 1.807) is 0 Å². The molecule has 0 saturated heterocycles. The van der Waals surface area contributed by atoms with E-state index in [2.05, 4.69) is 26.2 Å². The molecule has 1 saturated carbocycles. The highest BCUT2D eigenvalue weighted by atomic mass is 79.9. The van der Waals surface area contributed by atoms with E-state index in [0.717, 1.165) is 33.8 Å². The van der Waals surface area contributed by atoms with Crippen molar-refractivity contribution < 1.29 is 14.3 Å². The minimum atomic E-state index is -0.606. The molecule has 1 fully saturated rings. The maximum absolute atomic E-state index is 13.0. The molecule has 1 amide bonds. The fourth-order valence-electron chi connectivity index (χ4n) is 3.06. The monoisotopic (exact) mass is 405 g/mol. The van der Waals surface area contributed by atoms with Crippen LogP contribution in [0.25, 0.3) is 22.0 Å². The molecule has 130 valence electrons. The summed E-state index contributed by atoms with van der Waals surface area (Å²) in [6.45, 7) is 1.38. The van der Waals surface area contributed by atoms with E-state index < -0.39 is 12.5 Å². The standard InChI is InChI=1S/C17H16BrN3O4/c1-8-11(18)5-4-10-15(8)21(9-2-3-9)17(24)14-16(10)25-13(20-14)6-19-12(23)7-22/h4-5,9,22H,2-3,6-7H2,1H3,(H,19,23). The van der Waals surface area contributed by atoms with Crippen LogP contribution in [0, 0.1) is 6.92 Å². The van der Waals surface area contributed by atoms with E-state index in [-0.39, 0.29) is 29.6 Å². The van der Waals surface area contributed by atoms with E-state index in [1.165, 1.54) is 0 Å². The summed E-state index contributed by atoms with van der Waals surface area (Å²) in [5.41, 5.74) is 2.37. The Hall–Kier alpha value is -2.19. The molecule has 1 aromatic carbocycles. The molecule has 0 radical (unpaired) electrons. The molecule has 0 bridgehead atoms. The Labute approximate surface area is 150 Å². The molecule has 3 aromatic rings. The quantitative estimate of drug-likeness (QED) is 0.692. The Morgan fingerprint density at radius 2 is 2.24 bits per heavy atom. The van der Waals surface area contributed by atoms with Crippen LogP contribution in [-0.2, 0) is 11.3 Å². The summed E-state index contributed by atoms with van der Waals surface area (Å²) in [5.74, 6) is -0.286. The summed E-state index contributed by atoms with van der Waals surface area (Å²) in [4.78, 5) is 28.5. The molecule has 2 heterocycles. The lowest BCUT2D eigenvalue weighted by atomic mass is 10.1. The van der Waals surface area contributed by atoms with Gasteiger partial charge in [-0.05, 0) is 37.5 Å². The molecule has 25 heavy (non-hydrogen) atoms. The third-order valence-corrected chi connectivity index (χ3v) is 5.29. The molecular formula is C17H16BrN3O4. The minimum absolute atomic E-state index is 0.0218. The smallest absolute Gasteiger partial charge is 0.281 e. The van der Waals surface area contributed by atoms with Crippen LogP contribution in [0.2, 0.25) is 0 Å². The molecule has 0 spiro atoms. The number of amides is 1. The molecule has 0 atom stereocenters. The highest BCUT2D eigenvalue weighted by Crippen LogP contribution is 2.39. The van der Waals surface area contributed by atoms with E-state index in [0.29, 0.717) is 5.58 Å². The third kappa shape index (κ3) is 2.65. The van der Waals surface area contributed by atoms with Crippen molar-refractivity contribution in [2.75, 3.05) is 6.61 Å². The number of nitrogens with zero attached hydrogens (tertiary/aromatic N) is 2. The number of nitrogens with one attached hydrogen (secondary N) is 1. The lowest BCUT2D eigenvalue weighted by Crippen LogP contribution is -2.25. The summed E-state index contributed by atoms with van der Waals surface area (Å²) in [6.07, 6.45) is 1.95. The lowest BCUT2D eigenvalue weighted by Gasteiger charge is -2.12. The van der Waals surface area contributed by atoms with Crippen molar-refractivity contribution in [2.45, 2.75) is 32.4 Å². The molecule has 0 aliphatic heterocycles. The summed E-state index contributed by atoms with van der Waals surface area (Å²) in [7, 11) is 0. The molecule has 1 aliphatic rings. The zero-order chi connectivity index (χ0) is 17.7. The predicted molar refractivity (Wildman–Crippen MR) is 95.4 cm³/mol. The number of carbonyl (C=O) groups is 1. The number of aromatic nitrogens is 2. The number of pyridine rings is 1. The van der Waals surface area contributed by atoms with Gasteiger partial charge in [0.2, 0.25) is 11.8 Å². The highest BCUT2D eigenvalue weighted by Gasteiger charge is 2.30. The number of hydrogen-bond acceptors (Lipinski definition) is 5. The zero-order valence-corrected chi connectivity index (χ0v) is 15.1. The second-order valence-electron chi connectivity index (χ2n) is 6.20. The predicted octanol–water partition coefficient (Wildman–Crippen LogP) is 2.16. The molecule has 2 aromatic heterocycles. The van der Waals surface area contributed by atoms with Crippen molar-refractivity contribution in [1.82, 2.24) is 14.9 Å². The first-order valence-corrected chi connectivity index (χ1v) is 8.81. The number of aryl methyl sites for hydroxylation is 1. The average molecular weight is 406 g/mol. The highest BCUT2D eigenvalue weighted by molar-refractivity contribution is 9.10. The van der Waals surface area contributed by atoms with Crippen molar-refractivity contribution >= 4 is 43.8 Å². The molecule has 2 N–H and O–H groups in total. The average Bonchev–Trinajstić information content (AvgIpc) is 3.34. The van der Waals surface area contributed by atoms with Crippen molar-refractivity contribution in [1.29, 1.82) is 0 Å². The second kappa shape index (κ2) is 5.96. The number of aliphatic hydroxyl groups excluding tert-OH is 1. The van der Waals surface area contributed by atoms with Crippen LogP contribution >= 0.6 is 15.9 Å². The van der Waals surface area contributed by atoms with Gasteiger partial charge in [-0.2, -0.15) is 0 Å². The van der Waals surface area contributed by atoms with E-state index in [4.69, 9.17) is 9.52 Å². The van der Waals surface area contributed by atoms with Crippen molar-refractivity contribution in [3.05, 3.63) is 38.4 Å². The number of rotatable bonds is 4. The number of oxazole rings is 1. The van der Waals surface area contributed by atoms with Gasteiger partial charge < -0.3 is 19.4 Å². The van der Waals surface area contributed by atoms with Gasteiger partial charge in [0, 0.05) is 15.9 Å². The maximum atomic E-state index is 13.0. The number of halogens is 1. The second-order valence-corrected chi connectivity index (χ2v) is 7.05. The van der Waals surface area contributed by atoms with Gasteiger partial charge in [0.25, 0.3) is 5.56 Å².